The summed E-state index contributed by atoms with van der Waals surface area (Å²) in [5, 5.41) is 6.56. The van der Waals surface area contributed by atoms with E-state index in [1.165, 1.54) is 6.42 Å². The van der Waals surface area contributed by atoms with E-state index in [2.05, 4.69) is 17.6 Å². The van der Waals surface area contributed by atoms with E-state index in [0.717, 1.165) is 13.1 Å². The van der Waals surface area contributed by atoms with Crippen molar-refractivity contribution in [2.75, 3.05) is 19.6 Å². The number of carbonyl (C=O) groups is 1. The molecule has 1 heterocycles. The van der Waals surface area contributed by atoms with Gasteiger partial charge in [-0.1, -0.05) is 0 Å². The molecule has 16 heavy (non-hydrogen) atoms. The van der Waals surface area contributed by atoms with Gasteiger partial charge in [0, 0.05) is 6.04 Å². The van der Waals surface area contributed by atoms with Gasteiger partial charge in [0.05, 0.1) is 6.54 Å². The highest BCUT2D eigenvalue weighted by Gasteiger charge is 2.22. The van der Waals surface area contributed by atoms with E-state index in [0.29, 0.717) is 18.5 Å². The Kier molecular flexibility index (Phi) is 4.74. The van der Waals surface area contributed by atoms with Crippen LogP contribution in [0.2, 0.25) is 0 Å². The molecule has 1 rings (SSSR count). The standard InChI is InChI=1S/C12H24N2O2/c1-9(10-5-6-13-7-10)14-8-11(15)16-12(2,3)4/h9-10,13-14H,5-8H2,1-4H3/t9?,10-/m0/s1. The number of nitrogens with one attached hydrogen (secondary N) is 2. The molecule has 0 bridgehead atoms. The summed E-state index contributed by atoms with van der Waals surface area (Å²) in [5.74, 6) is 0.452. The summed E-state index contributed by atoms with van der Waals surface area (Å²) in [6.07, 6.45) is 1.18. The van der Waals surface area contributed by atoms with Crippen molar-refractivity contribution in [1.29, 1.82) is 0 Å². The first-order valence-corrected chi connectivity index (χ1v) is 6.04. The van der Waals surface area contributed by atoms with Crippen LogP contribution in [0.3, 0.4) is 0 Å². The fraction of sp³-hybridized carbons (Fsp3) is 0.917. The Labute approximate surface area is 98.1 Å². The zero-order valence-electron chi connectivity index (χ0n) is 10.8. The van der Waals surface area contributed by atoms with Gasteiger partial charge in [0.25, 0.3) is 0 Å². The zero-order valence-corrected chi connectivity index (χ0v) is 10.8. The third kappa shape index (κ3) is 4.94. The van der Waals surface area contributed by atoms with E-state index in [1.54, 1.807) is 0 Å². The first-order chi connectivity index (χ1) is 7.38. The van der Waals surface area contributed by atoms with Gasteiger partial charge in [-0.2, -0.15) is 0 Å². The highest BCUT2D eigenvalue weighted by atomic mass is 16.6. The van der Waals surface area contributed by atoms with Gasteiger partial charge in [-0.05, 0) is 53.1 Å². The molecule has 0 amide bonds. The van der Waals surface area contributed by atoms with E-state index >= 15 is 0 Å². The van der Waals surface area contributed by atoms with Crippen LogP contribution in [0, 0.1) is 5.92 Å². The molecule has 0 radical (unpaired) electrons. The van der Waals surface area contributed by atoms with Crippen LogP contribution in [-0.2, 0) is 9.53 Å². The van der Waals surface area contributed by atoms with Gasteiger partial charge < -0.3 is 15.4 Å². The number of carbonyl (C=O) groups excluding carboxylic acids is 1. The highest BCUT2D eigenvalue weighted by Crippen LogP contribution is 2.12. The zero-order chi connectivity index (χ0) is 12.2. The molecule has 1 saturated heterocycles. The van der Waals surface area contributed by atoms with Crippen molar-refractivity contribution >= 4 is 5.97 Å². The molecule has 4 nitrogen and oxygen atoms in total. The maximum atomic E-state index is 11.5. The van der Waals surface area contributed by atoms with Crippen LogP contribution < -0.4 is 10.6 Å². The molecule has 0 aromatic rings. The van der Waals surface area contributed by atoms with E-state index in [-0.39, 0.29) is 5.97 Å². The maximum absolute atomic E-state index is 11.5. The molecule has 2 N–H and O–H groups in total. The molecule has 0 saturated carbocycles. The number of hydrogen-bond donors (Lipinski definition) is 2. The summed E-state index contributed by atoms with van der Waals surface area (Å²) in [6.45, 7) is 10.2. The van der Waals surface area contributed by atoms with Crippen molar-refractivity contribution in [2.45, 2.75) is 45.8 Å². The fourth-order valence-corrected chi connectivity index (χ4v) is 1.89. The van der Waals surface area contributed by atoms with Crippen molar-refractivity contribution in [3.8, 4) is 0 Å². The topological polar surface area (TPSA) is 50.4 Å². The molecular formula is C12H24N2O2. The summed E-state index contributed by atoms with van der Waals surface area (Å²) in [4.78, 5) is 11.5. The second-order valence-corrected chi connectivity index (χ2v) is 5.51. The second kappa shape index (κ2) is 5.64. The summed E-state index contributed by atoms with van der Waals surface area (Å²) < 4.78 is 5.23. The van der Waals surface area contributed by atoms with Crippen LogP contribution in [0.4, 0.5) is 0 Å². The van der Waals surface area contributed by atoms with Gasteiger partial charge in [-0.3, -0.25) is 4.79 Å². The summed E-state index contributed by atoms with van der Waals surface area (Å²) in [5.41, 5.74) is -0.392. The van der Waals surface area contributed by atoms with Gasteiger partial charge in [-0.15, -0.1) is 0 Å². The van der Waals surface area contributed by atoms with Gasteiger partial charge in [0.1, 0.15) is 5.60 Å². The van der Waals surface area contributed by atoms with Gasteiger partial charge >= 0.3 is 5.97 Å². The minimum Gasteiger partial charge on any atom is -0.459 e. The Hall–Kier alpha value is -0.610. The SMILES string of the molecule is CC(NCC(=O)OC(C)(C)C)[C@H]1CCNC1. The smallest absolute Gasteiger partial charge is 0.320 e. The molecule has 1 aliphatic rings. The molecule has 1 unspecified atom stereocenters. The van der Waals surface area contributed by atoms with Crippen LogP contribution in [0.15, 0.2) is 0 Å². The van der Waals surface area contributed by atoms with E-state index in [4.69, 9.17) is 4.74 Å². The Morgan fingerprint density at radius 2 is 2.25 bits per heavy atom. The Morgan fingerprint density at radius 3 is 2.75 bits per heavy atom. The minimum absolute atomic E-state index is 0.176. The number of esters is 1. The Bertz CT molecular complexity index is 230. The normalized spacial score (nSPS) is 23.1. The average molecular weight is 228 g/mol. The maximum Gasteiger partial charge on any atom is 0.320 e. The van der Waals surface area contributed by atoms with Crippen molar-refractivity contribution in [2.24, 2.45) is 5.92 Å². The van der Waals surface area contributed by atoms with Crippen molar-refractivity contribution < 1.29 is 9.53 Å². The first kappa shape index (κ1) is 13.5. The number of rotatable bonds is 4. The number of ether oxygens (including phenoxy) is 1. The largest absolute Gasteiger partial charge is 0.459 e. The average Bonchev–Trinajstić information content (AvgIpc) is 2.64. The molecule has 0 aliphatic carbocycles. The Balaban J connectivity index is 2.20. The van der Waals surface area contributed by atoms with E-state index < -0.39 is 5.60 Å². The van der Waals surface area contributed by atoms with Gasteiger partial charge in [0.15, 0.2) is 0 Å². The van der Waals surface area contributed by atoms with E-state index in [9.17, 15) is 4.79 Å². The van der Waals surface area contributed by atoms with Crippen LogP contribution >= 0.6 is 0 Å². The lowest BCUT2D eigenvalue weighted by molar-refractivity contribution is -0.153. The number of hydrogen-bond acceptors (Lipinski definition) is 4. The molecule has 0 spiro atoms. The fourth-order valence-electron chi connectivity index (χ4n) is 1.89. The van der Waals surface area contributed by atoms with Crippen LogP contribution in [0.5, 0.6) is 0 Å². The molecule has 4 heteroatoms. The summed E-state index contributed by atoms with van der Waals surface area (Å²) in [7, 11) is 0. The van der Waals surface area contributed by atoms with Gasteiger partial charge in [-0.25, -0.2) is 0 Å². The predicted octanol–water partition coefficient (Wildman–Crippen LogP) is 0.916. The monoisotopic (exact) mass is 228 g/mol. The summed E-state index contributed by atoms with van der Waals surface area (Å²) in [6, 6.07) is 0.363. The minimum atomic E-state index is -0.392. The quantitative estimate of drug-likeness (QED) is 0.702. The van der Waals surface area contributed by atoms with Crippen molar-refractivity contribution in [3.63, 3.8) is 0 Å². The van der Waals surface area contributed by atoms with Crippen LogP contribution in [0.1, 0.15) is 34.1 Å². The lowest BCUT2D eigenvalue weighted by Gasteiger charge is -2.22. The molecule has 0 aromatic carbocycles. The van der Waals surface area contributed by atoms with Crippen molar-refractivity contribution in [1.82, 2.24) is 10.6 Å². The lowest BCUT2D eigenvalue weighted by atomic mass is 10.0. The molecule has 1 fully saturated rings. The van der Waals surface area contributed by atoms with Crippen LogP contribution in [-0.4, -0.2) is 37.2 Å². The van der Waals surface area contributed by atoms with Crippen molar-refractivity contribution in [3.05, 3.63) is 0 Å². The molecule has 94 valence electrons. The first-order valence-electron chi connectivity index (χ1n) is 6.04. The summed E-state index contributed by atoms with van der Waals surface area (Å²) >= 11 is 0. The third-order valence-corrected chi connectivity index (χ3v) is 2.79. The lowest BCUT2D eigenvalue weighted by Crippen LogP contribution is -2.40. The van der Waals surface area contributed by atoms with Gasteiger partial charge in [0.2, 0.25) is 0 Å². The Morgan fingerprint density at radius 1 is 1.56 bits per heavy atom. The van der Waals surface area contributed by atoms with Crippen LogP contribution in [0.25, 0.3) is 0 Å². The third-order valence-electron chi connectivity index (χ3n) is 2.79. The molecule has 0 aromatic heterocycles. The second-order valence-electron chi connectivity index (χ2n) is 5.51. The predicted molar refractivity (Wildman–Crippen MR) is 64.3 cm³/mol. The molecule has 1 aliphatic heterocycles. The molecule has 2 atom stereocenters. The highest BCUT2D eigenvalue weighted by molar-refractivity contribution is 5.72. The van der Waals surface area contributed by atoms with E-state index in [1.807, 2.05) is 20.8 Å². The molecular weight excluding hydrogens is 204 g/mol.